The van der Waals surface area contributed by atoms with Crippen LogP contribution in [-0.4, -0.2) is 11.0 Å². The van der Waals surface area contributed by atoms with E-state index in [1.165, 1.54) is 0 Å². The number of nitrogens with one attached hydrogen (secondary N) is 1. The van der Waals surface area contributed by atoms with E-state index in [0.717, 1.165) is 5.56 Å². The Morgan fingerprint density at radius 1 is 0.938 bits per heavy atom. The third-order valence-electron chi connectivity index (χ3n) is 5.67. The predicted molar refractivity (Wildman–Crippen MR) is 118 cm³/mol. The van der Waals surface area contributed by atoms with Gasteiger partial charge in [0.2, 0.25) is 11.8 Å². The maximum Gasteiger partial charge on any atom is 0.227 e. The van der Waals surface area contributed by atoms with E-state index in [4.69, 9.17) is 0 Å². The van der Waals surface area contributed by atoms with E-state index in [9.17, 15) is 21.0 Å². The molecule has 6 nitrogen and oxygen atoms in total. The van der Waals surface area contributed by atoms with Gasteiger partial charge in [-0.25, -0.2) is 5.87 Å². The molecule has 2 N–H and O–H groups in total. The maximum absolute atomic E-state index is 12.2. The number of aliphatic hydroxyl groups is 1. The number of nitriles is 2. The summed E-state index contributed by atoms with van der Waals surface area (Å²) in [6, 6.07) is 27.3. The summed E-state index contributed by atoms with van der Waals surface area (Å²) in [4.78, 5) is 0. The lowest BCUT2D eigenvalue weighted by Gasteiger charge is -2.43. The molecule has 1 aliphatic rings. The van der Waals surface area contributed by atoms with Gasteiger partial charge < -0.3 is 15.8 Å². The SMILES string of the molecule is N#CC(=C=[N-])C1=C(C#N)[C@@H](c2ccccc2)[C@H]([n+]2ccccc2)[C@](O)(c2ccccc2)N1. The fraction of sp³-hybridized carbons (Fsp3) is 0.115. The average Bonchev–Trinajstić information content (AvgIpc) is 2.86. The van der Waals surface area contributed by atoms with Crippen LogP contribution in [0, 0.1) is 22.7 Å². The van der Waals surface area contributed by atoms with E-state index in [2.05, 4.69) is 11.4 Å². The van der Waals surface area contributed by atoms with Crippen LogP contribution >= 0.6 is 0 Å². The lowest BCUT2D eigenvalue weighted by atomic mass is 9.73. The quantitative estimate of drug-likeness (QED) is 0.386. The number of rotatable bonds is 4. The number of nitrogens with zero attached hydrogens (tertiary/aromatic N) is 4. The second-order valence-corrected chi connectivity index (χ2v) is 7.41. The molecule has 0 aliphatic carbocycles. The van der Waals surface area contributed by atoms with Crippen molar-refractivity contribution in [2.24, 2.45) is 0 Å². The van der Waals surface area contributed by atoms with Crippen molar-refractivity contribution in [3.05, 3.63) is 125 Å². The summed E-state index contributed by atoms with van der Waals surface area (Å²) in [6.07, 6.45) is 3.66. The predicted octanol–water partition coefficient (Wildman–Crippen LogP) is 3.21. The Hall–Kier alpha value is -4.48. The first-order valence-corrected chi connectivity index (χ1v) is 10.0. The van der Waals surface area contributed by atoms with Crippen molar-refractivity contribution in [3.63, 3.8) is 0 Å². The molecule has 0 saturated carbocycles. The Morgan fingerprint density at radius 3 is 2.09 bits per heavy atom. The van der Waals surface area contributed by atoms with Gasteiger partial charge in [-0.2, -0.15) is 15.1 Å². The van der Waals surface area contributed by atoms with E-state index in [1.807, 2.05) is 95.6 Å². The summed E-state index contributed by atoms with van der Waals surface area (Å²) >= 11 is 0. The number of hydrogen-bond donors (Lipinski definition) is 2. The van der Waals surface area contributed by atoms with Crippen LogP contribution < -0.4 is 9.88 Å². The Morgan fingerprint density at radius 2 is 1.53 bits per heavy atom. The Balaban J connectivity index is 2.10. The van der Waals surface area contributed by atoms with Crippen molar-refractivity contribution in [2.45, 2.75) is 17.7 Å². The minimum atomic E-state index is -1.72. The van der Waals surface area contributed by atoms with Crippen LogP contribution in [-0.2, 0) is 5.72 Å². The molecular weight excluding hydrogens is 398 g/mol. The molecule has 0 fully saturated rings. The average molecular weight is 417 g/mol. The van der Waals surface area contributed by atoms with Crippen LogP contribution in [0.15, 0.2) is 108 Å². The highest BCUT2D eigenvalue weighted by molar-refractivity contribution is 5.74. The monoisotopic (exact) mass is 417 g/mol. The zero-order chi connectivity index (χ0) is 22.6. The van der Waals surface area contributed by atoms with Crippen LogP contribution in [0.5, 0.6) is 0 Å². The normalized spacial score (nSPS) is 22.1. The Labute approximate surface area is 186 Å². The number of aromatic nitrogens is 1. The summed E-state index contributed by atoms with van der Waals surface area (Å²) in [7, 11) is 0. The molecule has 0 spiro atoms. The van der Waals surface area contributed by atoms with Crippen molar-refractivity contribution in [1.82, 2.24) is 5.32 Å². The Kier molecular flexibility index (Phi) is 5.66. The van der Waals surface area contributed by atoms with E-state index >= 15 is 0 Å². The van der Waals surface area contributed by atoms with E-state index in [1.54, 1.807) is 12.1 Å². The number of hydrogen-bond acceptors (Lipinski definition) is 4. The van der Waals surface area contributed by atoms with E-state index in [-0.39, 0.29) is 16.8 Å². The molecule has 0 amide bonds. The molecule has 2 aromatic carbocycles. The standard InChI is InChI=1S/C26H19N5O/c27-16-20(17-28)24-22(18-29)23(19-10-4-1-5-11-19)25(31-14-8-3-9-15-31)26(32,30-24)21-12-6-2-7-13-21/h1-15,23,25,30,32H/t23-,25+,26-/m1/s1. The molecule has 2 heterocycles. The van der Waals surface area contributed by atoms with Gasteiger partial charge >= 0.3 is 0 Å². The van der Waals surface area contributed by atoms with E-state index < -0.39 is 17.7 Å². The molecule has 3 aromatic rings. The lowest BCUT2D eigenvalue weighted by molar-refractivity contribution is -0.743. The third-order valence-corrected chi connectivity index (χ3v) is 5.67. The molecule has 1 aromatic heterocycles. The first-order valence-electron chi connectivity index (χ1n) is 10.0. The van der Waals surface area contributed by atoms with Gasteiger partial charge in [0.15, 0.2) is 12.4 Å². The van der Waals surface area contributed by atoms with Gasteiger partial charge in [-0.3, -0.25) is 0 Å². The smallest absolute Gasteiger partial charge is 0.227 e. The molecule has 6 heteroatoms. The largest absolute Gasteiger partial charge is 0.762 e. The van der Waals surface area contributed by atoms with Gasteiger partial charge in [0, 0.05) is 17.7 Å². The fourth-order valence-corrected chi connectivity index (χ4v) is 4.28. The minimum Gasteiger partial charge on any atom is -0.762 e. The van der Waals surface area contributed by atoms with Gasteiger partial charge in [0.1, 0.15) is 6.07 Å². The molecule has 0 radical (unpaired) electrons. The first-order chi connectivity index (χ1) is 15.6. The van der Waals surface area contributed by atoms with Crippen LogP contribution in [0.25, 0.3) is 5.41 Å². The summed E-state index contributed by atoms with van der Waals surface area (Å²) in [6.45, 7) is 0. The summed E-state index contributed by atoms with van der Waals surface area (Å²) < 4.78 is 1.85. The minimum absolute atomic E-state index is 0.0467. The van der Waals surface area contributed by atoms with Crippen LogP contribution in [0.3, 0.4) is 0 Å². The van der Waals surface area contributed by atoms with Gasteiger partial charge in [0.05, 0.1) is 28.8 Å². The molecule has 32 heavy (non-hydrogen) atoms. The summed E-state index contributed by atoms with van der Waals surface area (Å²) in [5.41, 5.74) is -0.376. The van der Waals surface area contributed by atoms with Crippen molar-refractivity contribution >= 4 is 5.87 Å². The van der Waals surface area contributed by atoms with Gasteiger partial charge in [-0.15, -0.1) is 0 Å². The topological polar surface area (TPSA) is 106 Å². The van der Waals surface area contributed by atoms with Crippen molar-refractivity contribution < 1.29 is 9.67 Å². The molecule has 1 aliphatic heterocycles. The molecular formula is C26H19N5O. The Bertz CT molecular complexity index is 1280. The summed E-state index contributed by atoms with van der Waals surface area (Å²) in [5, 5.41) is 44.6. The molecule has 154 valence electrons. The highest BCUT2D eigenvalue weighted by atomic mass is 16.3. The second-order valence-electron chi connectivity index (χ2n) is 7.41. The lowest BCUT2D eigenvalue weighted by Crippen LogP contribution is -2.62. The number of benzene rings is 2. The zero-order valence-electron chi connectivity index (χ0n) is 17.1. The van der Waals surface area contributed by atoms with Crippen molar-refractivity contribution in [1.29, 1.82) is 10.5 Å². The first kappa shape index (κ1) is 20.8. The van der Waals surface area contributed by atoms with Crippen LogP contribution in [0.4, 0.5) is 0 Å². The number of pyridine rings is 1. The van der Waals surface area contributed by atoms with Gasteiger partial charge in [0.25, 0.3) is 0 Å². The van der Waals surface area contributed by atoms with Crippen molar-refractivity contribution in [3.8, 4) is 12.1 Å². The molecule has 3 atom stereocenters. The third kappa shape index (κ3) is 3.47. The number of allylic oxidation sites excluding steroid dienone is 2. The highest BCUT2D eigenvalue weighted by Crippen LogP contribution is 2.47. The van der Waals surface area contributed by atoms with Gasteiger partial charge in [-0.1, -0.05) is 66.7 Å². The molecule has 0 saturated heterocycles. The zero-order valence-corrected chi connectivity index (χ0v) is 17.1. The molecule has 0 bridgehead atoms. The second kappa shape index (κ2) is 8.71. The van der Waals surface area contributed by atoms with Gasteiger partial charge in [-0.05, 0) is 5.56 Å². The van der Waals surface area contributed by atoms with Crippen molar-refractivity contribution in [2.75, 3.05) is 0 Å². The van der Waals surface area contributed by atoms with Crippen LogP contribution in [0.2, 0.25) is 0 Å². The maximum atomic E-state index is 12.2. The van der Waals surface area contributed by atoms with Crippen LogP contribution in [0.1, 0.15) is 23.1 Å². The summed E-state index contributed by atoms with van der Waals surface area (Å²) in [5.74, 6) is 1.24. The fourth-order valence-electron chi connectivity index (χ4n) is 4.28. The van der Waals surface area contributed by atoms with E-state index in [0.29, 0.717) is 5.56 Å². The molecule has 4 rings (SSSR count). The molecule has 0 unspecified atom stereocenters. The highest BCUT2D eigenvalue weighted by Gasteiger charge is 2.56.